The molecule has 1 amide bonds. The second kappa shape index (κ2) is 6.12. The maximum absolute atomic E-state index is 11.4. The second-order valence-corrected chi connectivity index (χ2v) is 5.47. The molecule has 1 aliphatic heterocycles. The van der Waals surface area contributed by atoms with E-state index in [2.05, 4.69) is 12.1 Å². The molecule has 1 heterocycles. The molecular formula is C17H21NO3. The quantitative estimate of drug-likeness (QED) is 0.620. The van der Waals surface area contributed by atoms with E-state index in [0.717, 1.165) is 24.1 Å². The van der Waals surface area contributed by atoms with E-state index < -0.39 is 0 Å². The molecule has 0 atom stereocenters. The zero-order valence-electron chi connectivity index (χ0n) is 13.0. The van der Waals surface area contributed by atoms with Gasteiger partial charge in [-0.3, -0.25) is 9.59 Å². The van der Waals surface area contributed by atoms with Crippen molar-refractivity contribution in [2.24, 2.45) is 0 Å². The summed E-state index contributed by atoms with van der Waals surface area (Å²) in [5.74, 6) is 0.424. The predicted octanol–water partition coefficient (Wildman–Crippen LogP) is 2.86. The Morgan fingerprint density at radius 1 is 1.14 bits per heavy atom. The van der Waals surface area contributed by atoms with Gasteiger partial charge in [0.1, 0.15) is 5.75 Å². The van der Waals surface area contributed by atoms with Gasteiger partial charge >= 0.3 is 5.97 Å². The minimum atomic E-state index is -0.306. The zero-order chi connectivity index (χ0) is 15.6. The molecule has 2 rings (SSSR count). The molecule has 0 radical (unpaired) electrons. The maximum Gasteiger partial charge on any atom is 0.308 e. The third-order valence-electron chi connectivity index (χ3n) is 3.78. The van der Waals surface area contributed by atoms with E-state index in [-0.39, 0.29) is 11.9 Å². The Morgan fingerprint density at radius 2 is 1.86 bits per heavy atom. The number of hydrogen-bond acceptors (Lipinski definition) is 3. The third kappa shape index (κ3) is 3.51. The first kappa shape index (κ1) is 15.3. The SMILES string of the molecule is CC(=O)Oc1cc(C)c(C2=CCN(C(C)=O)CC2)cc1C. The van der Waals surface area contributed by atoms with Crippen molar-refractivity contribution in [3.05, 3.63) is 34.9 Å². The number of hydrogen-bond donors (Lipinski definition) is 0. The number of nitrogens with zero attached hydrogens (tertiary/aromatic N) is 1. The number of ether oxygens (including phenoxy) is 1. The molecule has 1 aliphatic rings. The number of carbonyl (C=O) groups excluding carboxylic acids is 2. The first-order valence-corrected chi connectivity index (χ1v) is 7.13. The van der Waals surface area contributed by atoms with E-state index in [0.29, 0.717) is 12.3 Å². The van der Waals surface area contributed by atoms with Gasteiger partial charge < -0.3 is 9.64 Å². The Bertz CT molecular complexity index is 617. The second-order valence-electron chi connectivity index (χ2n) is 5.47. The lowest BCUT2D eigenvalue weighted by Crippen LogP contribution is -2.32. The minimum absolute atomic E-state index is 0.114. The summed E-state index contributed by atoms with van der Waals surface area (Å²) in [6.07, 6.45) is 2.96. The molecular weight excluding hydrogens is 266 g/mol. The molecule has 0 aliphatic carbocycles. The minimum Gasteiger partial charge on any atom is -0.426 e. The smallest absolute Gasteiger partial charge is 0.308 e. The third-order valence-corrected chi connectivity index (χ3v) is 3.78. The fourth-order valence-corrected chi connectivity index (χ4v) is 2.60. The molecule has 4 heteroatoms. The van der Waals surface area contributed by atoms with Gasteiger partial charge in [-0.05, 0) is 54.7 Å². The summed E-state index contributed by atoms with van der Waals surface area (Å²) in [4.78, 5) is 24.3. The highest BCUT2D eigenvalue weighted by molar-refractivity contribution is 5.77. The van der Waals surface area contributed by atoms with Crippen molar-refractivity contribution in [3.8, 4) is 5.75 Å². The molecule has 0 spiro atoms. The van der Waals surface area contributed by atoms with Crippen LogP contribution in [0.2, 0.25) is 0 Å². The van der Waals surface area contributed by atoms with Gasteiger partial charge in [0.25, 0.3) is 0 Å². The molecule has 0 unspecified atom stereocenters. The monoisotopic (exact) mass is 287 g/mol. The van der Waals surface area contributed by atoms with Crippen LogP contribution in [0.4, 0.5) is 0 Å². The summed E-state index contributed by atoms with van der Waals surface area (Å²) in [6, 6.07) is 3.97. The van der Waals surface area contributed by atoms with Crippen LogP contribution in [-0.2, 0) is 9.59 Å². The lowest BCUT2D eigenvalue weighted by Gasteiger charge is -2.26. The Labute approximate surface area is 125 Å². The maximum atomic E-state index is 11.4. The fraction of sp³-hybridized carbons (Fsp3) is 0.412. The summed E-state index contributed by atoms with van der Waals surface area (Å²) in [5.41, 5.74) is 4.45. The van der Waals surface area contributed by atoms with E-state index in [1.165, 1.54) is 18.1 Å². The first-order chi connectivity index (χ1) is 9.88. The molecule has 0 bridgehead atoms. The van der Waals surface area contributed by atoms with Crippen LogP contribution in [0.3, 0.4) is 0 Å². The van der Waals surface area contributed by atoms with Crippen LogP contribution in [0.25, 0.3) is 5.57 Å². The van der Waals surface area contributed by atoms with E-state index in [4.69, 9.17) is 4.74 Å². The molecule has 1 aromatic carbocycles. The van der Waals surface area contributed by atoms with E-state index in [9.17, 15) is 9.59 Å². The lowest BCUT2D eigenvalue weighted by atomic mass is 9.93. The summed E-state index contributed by atoms with van der Waals surface area (Å²) >= 11 is 0. The molecule has 4 nitrogen and oxygen atoms in total. The van der Waals surface area contributed by atoms with Crippen molar-refractivity contribution < 1.29 is 14.3 Å². The molecule has 21 heavy (non-hydrogen) atoms. The van der Waals surface area contributed by atoms with Gasteiger partial charge in [0, 0.05) is 26.9 Å². The van der Waals surface area contributed by atoms with Crippen molar-refractivity contribution >= 4 is 17.4 Å². The Kier molecular flexibility index (Phi) is 4.46. The van der Waals surface area contributed by atoms with Gasteiger partial charge in [-0.25, -0.2) is 0 Å². The highest BCUT2D eigenvalue weighted by Crippen LogP contribution is 2.30. The topological polar surface area (TPSA) is 46.6 Å². The van der Waals surface area contributed by atoms with Crippen LogP contribution in [-0.4, -0.2) is 29.9 Å². The molecule has 0 saturated heterocycles. The van der Waals surface area contributed by atoms with Gasteiger partial charge in [0.15, 0.2) is 0 Å². The highest BCUT2D eigenvalue weighted by atomic mass is 16.5. The summed E-state index contributed by atoms with van der Waals surface area (Å²) in [7, 11) is 0. The van der Waals surface area contributed by atoms with E-state index in [1.54, 1.807) is 6.92 Å². The van der Waals surface area contributed by atoms with Crippen LogP contribution in [0.15, 0.2) is 18.2 Å². The summed E-state index contributed by atoms with van der Waals surface area (Å²) < 4.78 is 5.21. The Morgan fingerprint density at radius 3 is 2.38 bits per heavy atom. The molecule has 112 valence electrons. The first-order valence-electron chi connectivity index (χ1n) is 7.13. The number of esters is 1. The number of aryl methyl sites for hydroxylation is 2. The molecule has 1 aromatic rings. The lowest BCUT2D eigenvalue weighted by molar-refractivity contribution is -0.132. The normalized spacial score (nSPS) is 14.7. The standard InChI is InChI=1S/C17H21NO3/c1-11-10-17(21-14(4)20)12(2)9-16(11)15-5-7-18(8-6-15)13(3)19/h5,9-10H,6-8H2,1-4H3. The molecule has 0 aromatic heterocycles. The summed E-state index contributed by atoms with van der Waals surface area (Å²) in [5, 5.41) is 0. The Balaban J connectivity index is 2.27. The average Bonchev–Trinajstić information content (AvgIpc) is 2.42. The van der Waals surface area contributed by atoms with Gasteiger partial charge in [-0.2, -0.15) is 0 Å². The number of benzene rings is 1. The van der Waals surface area contributed by atoms with Crippen LogP contribution in [0.1, 0.15) is 37.0 Å². The van der Waals surface area contributed by atoms with Gasteiger partial charge in [0.2, 0.25) is 5.91 Å². The van der Waals surface area contributed by atoms with E-state index >= 15 is 0 Å². The van der Waals surface area contributed by atoms with Crippen LogP contribution in [0, 0.1) is 13.8 Å². The Hall–Kier alpha value is -2.10. The van der Waals surface area contributed by atoms with Crippen molar-refractivity contribution in [1.29, 1.82) is 0 Å². The number of amides is 1. The van der Waals surface area contributed by atoms with Crippen LogP contribution < -0.4 is 4.74 Å². The van der Waals surface area contributed by atoms with Crippen molar-refractivity contribution in [2.45, 2.75) is 34.1 Å². The number of rotatable bonds is 2. The van der Waals surface area contributed by atoms with Crippen molar-refractivity contribution in [3.63, 3.8) is 0 Å². The number of carbonyl (C=O) groups is 2. The van der Waals surface area contributed by atoms with Gasteiger partial charge in [-0.1, -0.05) is 6.08 Å². The van der Waals surface area contributed by atoms with Crippen LogP contribution in [0.5, 0.6) is 5.75 Å². The van der Waals surface area contributed by atoms with Crippen LogP contribution >= 0.6 is 0 Å². The molecule has 0 fully saturated rings. The largest absolute Gasteiger partial charge is 0.426 e. The van der Waals surface area contributed by atoms with Gasteiger partial charge in [0.05, 0.1) is 0 Å². The zero-order valence-corrected chi connectivity index (χ0v) is 13.0. The average molecular weight is 287 g/mol. The van der Waals surface area contributed by atoms with Gasteiger partial charge in [-0.15, -0.1) is 0 Å². The van der Waals surface area contributed by atoms with E-state index in [1.807, 2.05) is 24.8 Å². The van der Waals surface area contributed by atoms with Crippen molar-refractivity contribution in [1.82, 2.24) is 4.90 Å². The predicted molar refractivity (Wildman–Crippen MR) is 82.1 cm³/mol. The fourth-order valence-electron chi connectivity index (χ4n) is 2.60. The highest BCUT2D eigenvalue weighted by Gasteiger charge is 2.17. The summed E-state index contributed by atoms with van der Waals surface area (Å²) in [6.45, 7) is 8.37. The molecule has 0 N–H and O–H groups in total. The van der Waals surface area contributed by atoms with Crippen molar-refractivity contribution in [2.75, 3.05) is 13.1 Å². The molecule has 0 saturated carbocycles.